The maximum absolute atomic E-state index is 13.5. The van der Waals surface area contributed by atoms with E-state index in [1.54, 1.807) is 0 Å². The normalized spacial score (nSPS) is 20.6. The number of anilines is 2. The van der Waals surface area contributed by atoms with Crippen molar-refractivity contribution in [1.29, 1.82) is 0 Å². The lowest BCUT2D eigenvalue weighted by Crippen LogP contribution is -2.25. The van der Waals surface area contributed by atoms with Gasteiger partial charge in [0.15, 0.2) is 0 Å². The van der Waals surface area contributed by atoms with Crippen LogP contribution in [-0.4, -0.2) is 6.54 Å². The Morgan fingerprint density at radius 2 is 1.75 bits per heavy atom. The lowest BCUT2D eigenvalue weighted by molar-refractivity contribution is 0.581. The maximum atomic E-state index is 13.5. The standard InChI is InChI=1S/C16H19N2OP/c1-2-3-13-18-16-12-8-7-11-15(16)17-20(18,19)14-9-5-4-6-10-14/h4-12H,2-3,13H2,1H3,(H,17,19)/t20-/m0/s1. The second kappa shape index (κ2) is 5.34. The molecule has 1 heterocycles. The second-order valence-electron chi connectivity index (χ2n) is 5.02. The van der Waals surface area contributed by atoms with Gasteiger partial charge in [0.1, 0.15) is 0 Å². The van der Waals surface area contributed by atoms with E-state index in [2.05, 4.69) is 16.7 Å². The highest BCUT2D eigenvalue weighted by atomic mass is 31.2. The molecule has 1 aliphatic heterocycles. The Balaban J connectivity index is 2.05. The molecule has 0 saturated heterocycles. The van der Waals surface area contributed by atoms with E-state index in [0.29, 0.717) is 0 Å². The number of nitrogens with one attached hydrogen (secondary N) is 1. The molecule has 0 aliphatic carbocycles. The lowest BCUT2D eigenvalue weighted by atomic mass is 10.2. The van der Waals surface area contributed by atoms with Crippen molar-refractivity contribution >= 4 is 24.1 Å². The molecule has 3 rings (SSSR count). The van der Waals surface area contributed by atoms with Crippen LogP contribution in [0.3, 0.4) is 0 Å². The van der Waals surface area contributed by atoms with Crippen molar-refractivity contribution < 1.29 is 4.57 Å². The van der Waals surface area contributed by atoms with E-state index in [9.17, 15) is 4.57 Å². The smallest absolute Gasteiger partial charge is 0.290 e. The topological polar surface area (TPSA) is 32.3 Å². The molecule has 0 aromatic heterocycles. The summed E-state index contributed by atoms with van der Waals surface area (Å²) in [5.74, 6) is 0. The lowest BCUT2D eigenvalue weighted by Gasteiger charge is -2.26. The molecule has 0 amide bonds. The highest BCUT2D eigenvalue weighted by Crippen LogP contribution is 2.58. The van der Waals surface area contributed by atoms with Gasteiger partial charge < -0.3 is 9.76 Å². The number of nitrogens with zero attached hydrogens (tertiary/aromatic N) is 1. The van der Waals surface area contributed by atoms with Gasteiger partial charge in [0.25, 0.3) is 7.44 Å². The minimum Gasteiger partial charge on any atom is -0.315 e. The first-order valence-electron chi connectivity index (χ1n) is 7.06. The van der Waals surface area contributed by atoms with Crippen LogP contribution in [0.15, 0.2) is 54.6 Å². The minimum atomic E-state index is -2.76. The molecule has 1 N–H and O–H groups in total. The molecule has 1 aliphatic rings. The Hall–Kier alpha value is -1.73. The number of unbranched alkanes of at least 4 members (excludes halogenated alkanes) is 1. The van der Waals surface area contributed by atoms with Gasteiger partial charge in [0, 0.05) is 6.54 Å². The summed E-state index contributed by atoms with van der Waals surface area (Å²) in [4.78, 5) is 0. The molecular formula is C16H19N2OP. The predicted molar refractivity (Wildman–Crippen MR) is 86.0 cm³/mol. The van der Waals surface area contributed by atoms with Crippen molar-refractivity contribution in [2.24, 2.45) is 0 Å². The van der Waals surface area contributed by atoms with Gasteiger partial charge in [-0.15, -0.1) is 0 Å². The molecule has 4 heteroatoms. The molecule has 0 saturated carbocycles. The molecule has 0 bridgehead atoms. The molecule has 2 aromatic rings. The van der Waals surface area contributed by atoms with E-state index in [1.807, 2.05) is 54.6 Å². The van der Waals surface area contributed by atoms with Crippen LogP contribution in [0.1, 0.15) is 19.8 Å². The third-order valence-corrected chi connectivity index (χ3v) is 6.26. The average molecular weight is 286 g/mol. The summed E-state index contributed by atoms with van der Waals surface area (Å²) in [6.07, 6.45) is 2.13. The van der Waals surface area contributed by atoms with E-state index >= 15 is 0 Å². The van der Waals surface area contributed by atoms with Crippen LogP contribution in [0.2, 0.25) is 0 Å². The summed E-state index contributed by atoms with van der Waals surface area (Å²) in [6, 6.07) is 17.7. The van der Waals surface area contributed by atoms with Crippen LogP contribution in [0.4, 0.5) is 11.4 Å². The van der Waals surface area contributed by atoms with Crippen LogP contribution >= 0.6 is 7.44 Å². The van der Waals surface area contributed by atoms with Gasteiger partial charge in [0.05, 0.1) is 16.7 Å². The minimum absolute atomic E-state index is 0.812. The summed E-state index contributed by atoms with van der Waals surface area (Å²) in [7, 11) is -2.76. The summed E-state index contributed by atoms with van der Waals surface area (Å²) in [5, 5.41) is 4.14. The molecule has 0 unspecified atom stereocenters. The largest absolute Gasteiger partial charge is 0.315 e. The molecule has 0 spiro atoms. The summed E-state index contributed by atoms with van der Waals surface area (Å²) < 4.78 is 15.6. The SMILES string of the molecule is CCCCN1c2ccccc2N[P@@]1(=O)c1ccccc1. The third-order valence-electron chi connectivity index (χ3n) is 3.62. The van der Waals surface area contributed by atoms with Crippen molar-refractivity contribution in [3.8, 4) is 0 Å². The first kappa shape index (κ1) is 13.3. The van der Waals surface area contributed by atoms with E-state index in [4.69, 9.17) is 0 Å². The number of fused-ring (bicyclic) bond motifs is 1. The Kier molecular flexibility index (Phi) is 3.54. The molecule has 2 aromatic carbocycles. The fraction of sp³-hybridized carbons (Fsp3) is 0.250. The van der Waals surface area contributed by atoms with E-state index in [1.165, 1.54) is 0 Å². The van der Waals surface area contributed by atoms with Crippen molar-refractivity contribution in [3.63, 3.8) is 0 Å². The summed E-state index contributed by atoms with van der Waals surface area (Å²) in [5.41, 5.74) is 2.02. The van der Waals surface area contributed by atoms with Gasteiger partial charge in [-0.05, 0) is 30.7 Å². The van der Waals surface area contributed by atoms with Crippen LogP contribution in [-0.2, 0) is 4.57 Å². The van der Waals surface area contributed by atoms with Gasteiger partial charge in [-0.3, -0.25) is 4.57 Å². The molecule has 0 fully saturated rings. The molecule has 0 radical (unpaired) electrons. The van der Waals surface area contributed by atoms with E-state index in [-0.39, 0.29) is 0 Å². The zero-order chi connectivity index (χ0) is 14.0. The van der Waals surface area contributed by atoms with Gasteiger partial charge in [-0.2, -0.15) is 0 Å². The fourth-order valence-electron chi connectivity index (χ4n) is 2.57. The van der Waals surface area contributed by atoms with Gasteiger partial charge >= 0.3 is 0 Å². The van der Waals surface area contributed by atoms with E-state index in [0.717, 1.165) is 36.1 Å². The number of hydrogen-bond donors (Lipinski definition) is 1. The van der Waals surface area contributed by atoms with Crippen LogP contribution in [0.25, 0.3) is 0 Å². The first-order valence-corrected chi connectivity index (χ1v) is 8.72. The zero-order valence-corrected chi connectivity index (χ0v) is 12.5. The fourth-order valence-corrected chi connectivity index (χ4v) is 5.09. The highest BCUT2D eigenvalue weighted by molar-refractivity contribution is 7.75. The van der Waals surface area contributed by atoms with Crippen molar-refractivity contribution in [3.05, 3.63) is 54.6 Å². The second-order valence-corrected chi connectivity index (χ2v) is 7.39. The number of hydrogen-bond acceptors (Lipinski definition) is 1. The molecule has 104 valence electrons. The number of rotatable bonds is 4. The Morgan fingerprint density at radius 1 is 1.05 bits per heavy atom. The summed E-state index contributed by atoms with van der Waals surface area (Å²) in [6.45, 7) is 2.97. The first-order chi connectivity index (χ1) is 9.75. The monoisotopic (exact) mass is 286 g/mol. The third kappa shape index (κ3) is 2.12. The molecule has 20 heavy (non-hydrogen) atoms. The van der Waals surface area contributed by atoms with Crippen LogP contribution < -0.4 is 15.1 Å². The van der Waals surface area contributed by atoms with Crippen molar-refractivity contribution in [1.82, 2.24) is 0 Å². The Labute approximate surface area is 120 Å². The highest BCUT2D eigenvalue weighted by Gasteiger charge is 2.39. The van der Waals surface area contributed by atoms with Crippen LogP contribution in [0, 0.1) is 0 Å². The average Bonchev–Trinajstić information content (AvgIpc) is 2.79. The quantitative estimate of drug-likeness (QED) is 0.853. The Bertz CT molecular complexity index is 642. The molecule has 3 nitrogen and oxygen atoms in total. The maximum Gasteiger partial charge on any atom is 0.290 e. The predicted octanol–water partition coefficient (Wildman–Crippen LogP) is 4.24. The summed E-state index contributed by atoms with van der Waals surface area (Å²) >= 11 is 0. The van der Waals surface area contributed by atoms with Crippen molar-refractivity contribution in [2.45, 2.75) is 19.8 Å². The van der Waals surface area contributed by atoms with Gasteiger partial charge in [0.2, 0.25) is 0 Å². The molecule has 1 atom stereocenters. The zero-order valence-electron chi connectivity index (χ0n) is 11.6. The number of para-hydroxylation sites is 2. The molecular weight excluding hydrogens is 267 g/mol. The van der Waals surface area contributed by atoms with E-state index < -0.39 is 7.44 Å². The number of benzene rings is 2. The van der Waals surface area contributed by atoms with Gasteiger partial charge in [-0.25, -0.2) is 0 Å². The van der Waals surface area contributed by atoms with Gasteiger partial charge in [-0.1, -0.05) is 43.7 Å². The van der Waals surface area contributed by atoms with Crippen molar-refractivity contribution in [2.75, 3.05) is 16.3 Å². The van der Waals surface area contributed by atoms with Crippen LogP contribution in [0.5, 0.6) is 0 Å². The Morgan fingerprint density at radius 3 is 2.50 bits per heavy atom.